The van der Waals surface area contributed by atoms with E-state index in [0.29, 0.717) is 6.04 Å². The van der Waals surface area contributed by atoms with Crippen LogP contribution in [0.1, 0.15) is 37.8 Å². The lowest BCUT2D eigenvalue weighted by Crippen LogP contribution is -2.22. The van der Waals surface area contributed by atoms with E-state index in [4.69, 9.17) is 11.6 Å². The first kappa shape index (κ1) is 11.0. The van der Waals surface area contributed by atoms with E-state index in [-0.39, 0.29) is 0 Å². The Balaban J connectivity index is 1.94. The highest BCUT2D eigenvalue weighted by Gasteiger charge is 2.22. The maximum absolute atomic E-state index is 5.88. The molecule has 0 heterocycles. The Bertz CT molecular complexity index is 303. The summed E-state index contributed by atoms with van der Waals surface area (Å²) in [6.07, 6.45) is 3.95. The molecule has 1 saturated carbocycles. The second-order valence-electron chi connectivity index (χ2n) is 4.36. The standard InChI is InChI=1S/C13H18ClN/c1-2-13(15-9-10-3-4-10)11-5-7-12(14)8-6-11/h5-8,10,13,15H,2-4,9H2,1H3. The first-order valence-corrected chi connectivity index (χ1v) is 6.16. The molecule has 0 saturated heterocycles. The number of hydrogen-bond donors (Lipinski definition) is 1. The summed E-state index contributed by atoms with van der Waals surface area (Å²) in [6, 6.07) is 8.67. The Kier molecular flexibility index (Phi) is 3.66. The Morgan fingerprint density at radius 2 is 2.00 bits per heavy atom. The summed E-state index contributed by atoms with van der Waals surface area (Å²) in [5, 5.41) is 4.44. The molecule has 0 aliphatic heterocycles. The summed E-state index contributed by atoms with van der Waals surface area (Å²) in [5.74, 6) is 0.936. The van der Waals surface area contributed by atoms with Crippen LogP contribution in [-0.2, 0) is 0 Å². The summed E-state index contributed by atoms with van der Waals surface area (Å²) >= 11 is 5.88. The molecule has 2 heteroatoms. The lowest BCUT2D eigenvalue weighted by atomic mass is 10.0. The lowest BCUT2D eigenvalue weighted by Gasteiger charge is -2.17. The number of hydrogen-bond acceptors (Lipinski definition) is 1. The minimum Gasteiger partial charge on any atom is -0.310 e. The van der Waals surface area contributed by atoms with Crippen molar-refractivity contribution in [3.63, 3.8) is 0 Å². The minimum absolute atomic E-state index is 0.489. The molecule has 15 heavy (non-hydrogen) atoms. The molecule has 82 valence electrons. The van der Waals surface area contributed by atoms with Gasteiger partial charge in [0.2, 0.25) is 0 Å². The van der Waals surface area contributed by atoms with E-state index in [1.165, 1.54) is 24.9 Å². The largest absolute Gasteiger partial charge is 0.310 e. The van der Waals surface area contributed by atoms with Gasteiger partial charge in [-0.3, -0.25) is 0 Å². The van der Waals surface area contributed by atoms with Gasteiger partial charge in [0, 0.05) is 11.1 Å². The number of rotatable bonds is 5. The van der Waals surface area contributed by atoms with Gasteiger partial charge in [0.25, 0.3) is 0 Å². The van der Waals surface area contributed by atoms with Crippen LogP contribution in [0.15, 0.2) is 24.3 Å². The van der Waals surface area contributed by atoms with Crippen LogP contribution in [0, 0.1) is 5.92 Å². The first-order chi connectivity index (χ1) is 7.29. The van der Waals surface area contributed by atoms with Crippen molar-refractivity contribution < 1.29 is 0 Å². The van der Waals surface area contributed by atoms with Crippen molar-refractivity contribution in [3.05, 3.63) is 34.9 Å². The normalized spacial score (nSPS) is 17.7. The van der Waals surface area contributed by atoms with Gasteiger partial charge in [0.15, 0.2) is 0 Å². The molecule has 0 radical (unpaired) electrons. The van der Waals surface area contributed by atoms with Crippen LogP contribution < -0.4 is 5.32 Å². The average Bonchev–Trinajstić information content (AvgIpc) is 3.05. The van der Waals surface area contributed by atoms with Crippen molar-refractivity contribution in [1.82, 2.24) is 5.32 Å². The smallest absolute Gasteiger partial charge is 0.0406 e. The molecule has 1 aromatic carbocycles. The van der Waals surface area contributed by atoms with Gasteiger partial charge in [-0.25, -0.2) is 0 Å². The van der Waals surface area contributed by atoms with Gasteiger partial charge < -0.3 is 5.32 Å². The molecule has 0 spiro atoms. The molecule has 0 aromatic heterocycles. The number of nitrogens with one attached hydrogen (secondary N) is 1. The van der Waals surface area contributed by atoms with Gasteiger partial charge in [-0.05, 0) is 49.4 Å². The molecule has 2 rings (SSSR count). The predicted octanol–water partition coefficient (Wildman–Crippen LogP) is 3.79. The minimum atomic E-state index is 0.489. The first-order valence-electron chi connectivity index (χ1n) is 5.78. The molecule has 1 unspecified atom stereocenters. The van der Waals surface area contributed by atoms with Crippen LogP contribution in [0.5, 0.6) is 0 Å². The maximum atomic E-state index is 5.88. The van der Waals surface area contributed by atoms with Crippen molar-refractivity contribution in [2.24, 2.45) is 5.92 Å². The fourth-order valence-corrected chi connectivity index (χ4v) is 1.95. The van der Waals surface area contributed by atoms with E-state index in [0.717, 1.165) is 17.4 Å². The fourth-order valence-electron chi connectivity index (χ4n) is 1.82. The summed E-state index contributed by atoms with van der Waals surface area (Å²) in [5.41, 5.74) is 1.35. The highest BCUT2D eigenvalue weighted by Crippen LogP contribution is 2.29. The highest BCUT2D eigenvalue weighted by atomic mass is 35.5. The van der Waals surface area contributed by atoms with Crippen LogP contribution in [-0.4, -0.2) is 6.54 Å². The molecule has 1 atom stereocenters. The molecule has 1 N–H and O–H groups in total. The van der Waals surface area contributed by atoms with Crippen molar-refractivity contribution in [3.8, 4) is 0 Å². The molecule has 0 amide bonds. The Morgan fingerprint density at radius 1 is 1.33 bits per heavy atom. The van der Waals surface area contributed by atoms with E-state index < -0.39 is 0 Å². The summed E-state index contributed by atoms with van der Waals surface area (Å²) in [6.45, 7) is 3.39. The van der Waals surface area contributed by atoms with E-state index in [9.17, 15) is 0 Å². The van der Waals surface area contributed by atoms with Crippen LogP contribution in [0.25, 0.3) is 0 Å². The van der Waals surface area contributed by atoms with Crippen molar-refractivity contribution in [1.29, 1.82) is 0 Å². The van der Waals surface area contributed by atoms with Crippen LogP contribution in [0.4, 0.5) is 0 Å². The Hall–Kier alpha value is -0.530. The van der Waals surface area contributed by atoms with E-state index >= 15 is 0 Å². The van der Waals surface area contributed by atoms with E-state index in [1.54, 1.807) is 0 Å². The Labute approximate surface area is 96.8 Å². The Morgan fingerprint density at radius 3 is 2.53 bits per heavy atom. The zero-order chi connectivity index (χ0) is 10.7. The summed E-state index contributed by atoms with van der Waals surface area (Å²) in [7, 11) is 0. The van der Waals surface area contributed by atoms with Crippen molar-refractivity contribution in [2.75, 3.05) is 6.54 Å². The fraction of sp³-hybridized carbons (Fsp3) is 0.538. The van der Waals surface area contributed by atoms with Crippen LogP contribution in [0.3, 0.4) is 0 Å². The predicted molar refractivity (Wildman–Crippen MR) is 65.2 cm³/mol. The molecule has 0 bridgehead atoms. The molecule has 1 fully saturated rings. The second-order valence-corrected chi connectivity index (χ2v) is 4.80. The van der Waals surface area contributed by atoms with Crippen LogP contribution in [0.2, 0.25) is 5.02 Å². The van der Waals surface area contributed by atoms with Gasteiger partial charge in [-0.2, -0.15) is 0 Å². The van der Waals surface area contributed by atoms with Crippen LogP contribution >= 0.6 is 11.6 Å². The number of halogens is 1. The zero-order valence-corrected chi connectivity index (χ0v) is 9.93. The molecular formula is C13H18ClN. The van der Waals surface area contributed by atoms with E-state index in [2.05, 4.69) is 24.4 Å². The monoisotopic (exact) mass is 223 g/mol. The van der Waals surface area contributed by atoms with Gasteiger partial charge in [-0.1, -0.05) is 30.7 Å². The molecule has 1 nitrogen and oxygen atoms in total. The lowest BCUT2D eigenvalue weighted by molar-refractivity contribution is 0.502. The van der Waals surface area contributed by atoms with Crippen molar-refractivity contribution in [2.45, 2.75) is 32.2 Å². The van der Waals surface area contributed by atoms with Gasteiger partial charge >= 0.3 is 0 Å². The number of benzene rings is 1. The average molecular weight is 224 g/mol. The van der Waals surface area contributed by atoms with E-state index in [1.807, 2.05) is 12.1 Å². The quantitative estimate of drug-likeness (QED) is 0.801. The molecular weight excluding hydrogens is 206 g/mol. The molecule has 1 aliphatic carbocycles. The summed E-state index contributed by atoms with van der Waals surface area (Å²) < 4.78 is 0. The third-order valence-corrected chi connectivity index (χ3v) is 3.28. The van der Waals surface area contributed by atoms with Gasteiger partial charge in [0.1, 0.15) is 0 Å². The zero-order valence-electron chi connectivity index (χ0n) is 9.17. The third kappa shape index (κ3) is 3.22. The summed E-state index contributed by atoms with van der Waals surface area (Å²) in [4.78, 5) is 0. The topological polar surface area (TPSA) is 12.0 Å². The van der Waals surface area contributed by atoms with Crippen molar-refractivity contribution >= 4 is 11.6 Å². The highest BCUT2D eigenvalue weighted by molar-refractivity contribution is 6.30. The van der Waals surface area contributed by atoms with Gasteiger partial charge in [0.05, 0.1) is 0 Å². The van der Waals surface area contributed by atoms with Gasteiger partial charge in [-0.15, -0.1) is 0 Å². The second kappa shape index (κ2) is 5.00. The molecule has 1 aliphatic rings. The third-order valence-electron chi connectivity index (χ3n) is 3.03. The SMILES string of the molecule is CCC(NCC1CC1)c1ccc(Cl)cc1. The maximum Gasteiger partial charge on any atom is 0.0406 e. The molecule has 1 aromatic rings.